The van der Waals surface area contributed by atoms with Crippen molar-refractivity contribution in [2.24, 2.45) is 5.10 Å². The van der Waals surface area contributed by atoms with Gasteiger partial charge in [-0.05, 0) is 55.7 Å². The molecular weight excluding hydrogens is 368 g/mol. The van der Waals surface area contributed by atoms with Crippen LogP contribution in [0.5, 0.6) is 0 Å². The van der Waals surface area contributed by atoms with E-state index in [0.717, 1.165) is 39.0 Å². The van der Waals surface area contributed by atoms with Gasteiger partial charge in [-0.2, -0.15) is 5.10 Å². The van der Waals surface area contributed by atoms with Crippen LogP contribution in [-0.2, 0) is 5.75 Å². The third kappa shape index (κ3) is 5.50. The maximum Gasteiger partial charge on any atom is 0.271 e. The molecule has 1 heterocycles. The highest BCUT2D eigenvalue weighted by molar-refractivity contribution is 7.98. The first-order chi connectivity index (χ1) is 13.5. The van der Waals surface area contributed by atoms with Gasteiger partial charge in [0.2, 0.25) is 0 Å². The summed E-state index contributed by atoms with van der Waals surface area (Å²) in [5.41, 5.74) is 8.26. The Hall–Kier alpha value is -2.99. The molecule has 2 aromatic carbocycles. The standard InChI is InChI=1S/C22H22N4OS/c1-15-6-4-5-7-20(15)13-23-26-21(27)19-10-8-18(9-11-19)14-28-22-24-16(2)12-17(3)25-22/h4-13H,14H2,1-3H3,(H,26,27)/b23-13-. The molecule has 0 aliphatic rings. The van der Waals surface area contributed by atoms with Crippen LogP contribution >= 0.6 is 11.8 Å². The average Bonchev–Trinajstić information content (AvgIpc) is 2.67. The average molecular weight is 391 g/mol. The van der Waals surface area contributed by atoms with Gasteiger partial charge >= 0.3 is 0 Å². The lowest BCUT2D eigenvalue weighted by Gasteiger charge is -2.05. The van der Waals surface area contributed by atoms with Gasteiger partial charge < -0.3 is 0 Å². The van der Waals surface area contributed by atoms with Crippen molar-refractivity contribution in [3.8, 4) is 0 Å². The van der Waals surface area contributed by atoms with Crippen LogP contribution in [0.4, 0.5) is 0 Å². The van der Waals surface area contributed by atoms with Crippen molar-refractivity contribution in [1.29, 1.82) is 0 Å². The number of aromatic nitrogens is 2. The lowest BCUT2D eigenvalue weighted by molar-refractivity contribution is 0.0955. The number of aryl methyl sites for hydroxylation is 3. The third-order valence-electron chi connectivity index (χ3n) is 4.10. The molecule has 5 nitrogen and oxygen atoms in total. The first-order valence-electron chi connectivity index (χ1n) is 8.94. The zero-order valence-electron chi connectivity index (χ0n) is 16.1. The molecule has 0 atom stereocenters. The van der Waals surface area contributed by atoms with Gasteiger partial charge in [-0.1, -0.05) is 48.2 Å². The molecular formula is C22H22N4OS. The summed E-state index contributed by atoms with van der Waals surface area (Å²) in [6.07, 6.45) is 1.65. The van der Waals surface area contributed by atoms with E-state index in [1.165, 1.54) is 0 Å². The van der Waals surface area contributed by atoms with E-state index in [2.05, 4.69) is 20.5 Å². The molecule has 1 amide bonds. The number of carbonyl (C=O) groups excluding carboxylic acids is 1. The van der Waals surface area contributed by atoms with Crippen LogP contribution in [0.2, 0.25) is 0 Å². The first-order valence-corrected chi connectivity index (χ1v) is 9.93. The second kappa shape index (κ2) is 9.28. The highest BCUT2D eigenvalue weighted by Gasteiger charge is 2.06. The van der Waals surface area contributed by atoms with E-state index in [0.29, 0.717) is 5.56 Å². The van der Waals surface area contributed by atoms with E-state index in [1.54, 1.807) is 30.1 Å². The predicted octanol–water partition coefficient (Wildman–Crippen LogP) is 4.46. The number of amides is 1. The van der Waals surface area contributed by atoms with Gasteiger partial charge in [0, 0.05) is 22.7 Å². The third-order valence-corrected chi connectivity index (χ3v) is 5.02. The Balaban J connectivity index is 1.56. The van der Waals surface area contributed by atoms with Crippen molar-refractivity contribution in [2.45, 2.75) is 31.7 Å². The van der Waals surface area contributed by atoms with Crippen LogP contribution in [0.15, 0.2) is 64.9 Å². The maximum atomic E-state index is 12.2. The molecule has 6 heteroatoms. The van der Waals surface area contributed by atoms with Crippen LogP contribution in [0, 0.1) is 20.8 Å². The predicted molar refractivity (Wildman–Crippen MR) is 114 cm³/mol. The Labute approximate surface area is 169 Å². The van der Waals surface area contributed by atoms with Crippen molar-refractivity contribution < 1.29 is 4.79 Å². The minimum absolute atomic E-state index is 0.235. The SMILES string of the molecule is Cc1cc(C)nc(SCc2ccc(C(=O)N/N=C\c3ccccc3C)cc2)n1. The van der Waals surface area contributed by atoms with Crippen molar-refractivity contribution in [3.63, 3.8) is 0 Å². The normalized spacial score (nSPS) is 11.0. The van der Waals surface area contributed by atoms with Crippen LogP contribution < -0.4 is 5.43 Å². The maximum absolute atomic E-state index is 12.2. The van der Waals surface area contributed by atoms with Crippen molar-refractivity contribution in [3.05, 3.63) is 88.2 Å². The Kier molecular flexibility index (Phi) is 6.55. The number of hydrogen-bond acceptors (Lipinski definition) is 5. The number of hydrazone groups is 1. The fourth-order valence-corrected chi connectivity index (χ4v) is 3.52. The zero-order chi connectivity index (χ0) is 19.9. The van der Waals surface area contributed by atoms with Gasteiger partial charge in [-0.25, -0.2) is 15.4 Å². The molecule has 0 radical (unpaired) electrons. The number of nitrogens with zero attached hydrogens (tertiary/aromatic N) is 3. The van der Waals surface area contributed by atoms with E-state index in [9.17, 15) is 4.79 Å². The Morgan fingerprint density at radius 3 is 2.39 bits per heavy atom. The topological polar surface area (TPSA) is 67.2 Å². The molecule has 3 aromatic rings. The molecule has 0 unspecified atom stereocenters. The molecule has 28 heavy (non-hydrogen) atoms. The number of thioether (sulfide) groups is 1. The van der Waals surface area contributed by atoms with E-state index in [4.69, 9.17) is 0 Å². The Bertz CT molecular complexity index is 979. The Morgan fingerprint density at radius 1 is 1.04 bits per heavy atom. The number of benzene rings is 2. The van der Waals surface area contributed by atoms with Crippen molar-refractivity contribution in [2.75, 3.05) is 0 Å². The number of nitrogens with one attached hydrogen (secondary N) is 1. The summed E-state index contributed by atoms with van der Waals surface area (Å²) in [5, 5.41) is 4.82. The van der Waals surface area contributed by atoms with Crippen LogP contribution in [0.3, 0.4) is 0 Å². The molecule has 0 saturated heterocycles. The summed E-state index contributed by atoms with van der Waals surface area (Å²) in [4.78, 5) is 21.1. The fraction of sp³-hybridized carbons (Fsp3) is 0.182. The minimum atomic E-state index is -0.235. The largest absolute Gasteiger partial charge is 0.271 e. The summed E-state index contributed by atoms with van der Waals surface area (Å²) < 4.78 is 0. The van der Waals surface area contributed by atoms with Crippen LogP contribution in [0.25, 0.3) is 0 Å². The monoisotopic (exact) mass is 390 g/mol. The molecule has 1 aromatic heterocycles. The Morgan fingerprint density at radius 2 is 1.71 bits per heavy atom. The van der Waals surface area contributed by atoms with Gasteiger partial charge in [0.1, 0.15) is 0 Å². The van der Waals surface area contributed by atoms with Crippen LogP contribution in [0.1, 0.15) is 38.4 Å². The number of rotatable bonds is 6. The lowest BCUT2D eigenvalue weighted by atomic mass is 10.1. The lowest BCUT2D eigenvalue weighted by Crippen LogP contribution is -2.17. The van der Waals surface area contributed by atoms with Crippen molar-refractivity contribution in [1.82, 2.24) is 15.4 Å². The molecule has 3 rings (SSSR count). The van der Waals surface area contributed by atoms with E-state index < -0.39 is 0 Å². The molecule has 0 bridgehead atoms. The highest BCUT2D eigenvalue weighted by atomic mass is 32.2. The van der Waals surface area contributed by atoms with Crippen molar-refractivity contribution >= 4 is 23.9 Å². The van der Waals surface area contributed by atoms with Gasteiger partial charge in [0.15, 0.2) is 5.16 Å². The summed E-state index contributed by atoms with van der Waals surface area (Å²) in [7, 11) is 0. The van der Waals surface area contributed by atoms with E-state index >= 15 is 0 Å². The first kappa shape index (κ1) is 19.8. The summed E-state index contributed by atoms with van der Waals surface area (Å²) >= 11 is 1.58. The van der Waals surface area contributed by atoms with Gasteiger partial charge in [-0.3, -0.25) is 4.79 Å². The number of carbonyl (C=O) groups is 1. The molecule has 0 aliphatic heterocycles. The van der Waals surface area contributed by atoms with Gasteiger partial charge in [0.25, 0.3) is 5.91 Å². The molecule has 0 saturated carbocycles. The van der Waals surface area contributed by atoms with Gasteiger partial charge in [-0.15, -0.1) is 0 Å². The molecule has 0 aliphatic carbocycles. The summed E-state index contributed by atoms with van der Waals surface area (Å²) in [6, 6.07) is 17.3. The summed E-state index contributed by atoms with van der Waals surface area (Å²) in [6.45, 7) is 5.94. The molecule has 0 fully saturated rings. The van der Waals surface area contributed by atoms with Gasteiger partial charge in [0.05, 0.1) is 6.21 Å². The smallest absolute Gasteiger partial charge is 0.267 e. The fourth-order valence-electron chi connectivity index (χ4n) is 2.61. The highest BCUT2D eigenvalue weighted by Crippen LogP contribution is 2.20. The summed E-state index contributed by atoms with van der Waals surface area (Å²) in [5.74, 6) is 0.512. The van der Waals surface area contributed by atoms with E-state index in [-0.39, 0.29) is 5.91 Å². The molecule has 1 N–H and O–H groups in total. The molecule has 142 valence electrons. The quantitative estimate of drug-likeness (QED) is 0.292. The second-order valence-electron chi connectivity index (χ2n) is 6.47. The zero-order valence-corrected chi connectivity index (χ0v) is 17.0. The molecule has 0 spiro atoms. The number of hydrogen-bond donors (Lipinski definition) is 1. The minimum Gasteiger partial charge on any atom is -0.267 e. The second-order valence-corrected chi connectivity index (χ2v) is 7.42. The van der Waals surface area contributed by atoms with E-state index in [1.807, 2.05) is 63.2 Å². The van der Waals surface area contributed by atoms with Crippen LogP contribution in [-0.4, -0.2) is 22.1 Å².